The summed E-state index contributed by atoms with van der Waals surface area (Å²) in [6.45, 7) is 1.89. The maximum absolute atomic E-state index is 12.3. The SMILES string of the molecule is C[C@H](NC(=O)c1cc(C2CC2)on1)c1ccc2c(c1)NC(=O)CO2. The predicted octanol–water partition coefficient (Wildman–Crippen LogP) is 2.37. The minimum atomic E-state index is -0.281. The first-order valence-electron chi connectivity index (χ1n) is 7.94. The van der Waals surface area contributed by atoms with E-state index >= 15 is 0 Å². The van der Waals surface area contributed by atoms with Crippen LogP contribution < -0.4 is 15.4 Å². The molecule has 4 rings (SSSR count). The molecule has 0 saturated heterocycles. The Labute approximate surface area is 138 Å². The van der Waals surface area contributed by atoms with Crippen LogP contribution in [0, 0.1) is 0 Å². The van der Waals surface area contributed by atoms with Crippen molar-refractivity contribution in [1.82, 2.24) is 10.5 Å². The van der Waals surface area contributed by atoms with Crippen LogP contribution in [0.5, 0.6) is 5.75 Å². The number of nitrogens with one attached hydrogen (secondary N) is 2. The van der Waals surface area contributed by atoms with E-state index in [4.69, 9.17) is 9.26 Å². The largest absolute Gasteiger partial charge is 0.482 e. The summed E-state index contributed by atoms with van der Waals surface area (Å²) in [5.74, 6) is 1.35. The first kappa shape index (κ1) is 14.7. The molecular weight excluding hydrogens is 310 g/mol. The number of hydrogen-bond acceptors (Lipinski definition) is 5. The zero-order chi connectivity index (χ0) is 16.7. The number of anilines is 1. The van der Waals surface area contributed by atoms with Crippen molar-refractivity contribution in [3.63, 3.8) is 0 Å². The molecule has 0 spiro atoms. The number of benzene rings is 1. The van der Waals surface area contributed by atoms with Crippen LogP contribution in [0.3, 0.4) is 0 Å². The molecule has 24 heavy (non-hydrogen) atoms. The molecule has 2 N–H and O–H groups in total. The first-order valence-corrected chi connectivity index (χ1v) is 7.94. The van der Waals surface area contributed by atoms with Gasteiger partial charge in [-0.1, -0.05) is 11.2 Å². The Morgan fingerprint density at radius 1 is 1.38 bits per heavy atom. The Hall–Kier alpha value is -2.83. The summed E-state index contributed by atoms with van der Waals surface area (Å²) in [6, 6.07) is 6.91. The molecule has 1 aromatic carbocycles. The Bertz CT molecular complexity index is 810. The lowest BCUT2D eigenvalue weighted by Gasteiger charge is -2.20. The van der Waals surface area contributed by atoms with Gasteiger partial charge in [0.25, 0.3) is 11.8 Å². The lowest BCUT2D eigenvalue weighted by atomic mass is 10.1. The fraction of sp³-hybridized carbons (Fsp3) is 0.353. The number of hydrogen-bond donors (Lipinski definition) is 2. The molecule has 0 unspecified atom stereocenters. The van der Waals surface area contributed by atoms with Gasteiger partial charge >= 0.3 is 0 Å². The normalized spacial score (nSPS) is 17.5. The number of carbonyl (C=O) groups excluding carboxylic acids is 2. The summed E-state index contributed by atoms with van der Waals surface area (Å²) in [4.78, 5) is 23.7. The molecule has 0 bridgehead atoms. The zero-order valence-electron chi connectivity index (χ0n) is 13.2. The third-order valence-electron chi connectivity index (χ3n) is 4.22. The standard InChI is InChI=1S/C17H17N3O4/c1-9(11-4-5-14-12(6-11)19-16(21)8-23-14)18-17(22)13-7-15(24-20-13)10-2-3-10/h4-7,9-10H,2-3,8H2,1H3,(H,18,22)(H,19,21)/t9-/m0/s1. The number of aromatic nitrogens is 1. The minimum absolute atomic E-state index is 0.0219. The van der Waals surface area contributed by atoms with Crippen molar-refractivity contribution < 1.29 is 18.8 Å². The van der Waals surface area contributed by atoms with Gasteiger partial charge in [0.1, 0.15) is 11.5 Å². The molecule has 1 aromatic heterocycles. The van der Waals surface area contributed by atoms with Gasteiger partial charge < -0.3 is 19.9 Å². The van der Waals surface area contributed by atoms with Gasteiger partial charge in [-0.15, -0.1) is 0 Å². The minimum Gasteiger partial charge on any atom is -0.482 e. The van der Waals surface area contributed by atoms with Crippen molar-refractivity contribution in [2.45, 2.75) is 31.7 Å². The highest BCUT2D eigenvalue weighted by Gasteiger charge is 2.29. The van der Waals surface area contributed by atoms with E-state index in [1.54, 1.807) is 18.2 Å². The van der Waals surface area contributed by atoms with Crippen molar-refractivity contribution in [3.8, 4) is 5.75 Å². The van der Waals surface area contributed by atoms with Crippen LogP contribution in [-0.2, 0) is 4.79 Å². The van der Waals surface area contributed by atoms with E-state index in [0.717, 1.165) is 24.2 Å². The third-order valence-corrected chi connectivity index (χ3v) is 4.22. The molecule has 2 heterocycles. The van der Waals surface area contributed by atoms with Crippen LogP contribution in [0.4, 0.5) is 5.69 Å². The molecule has 2 amide bonds. The summed E-state index contributed by atoms with van der Waals surface area (Å²) in [6.07, 6.45) is 2.19. The van der Waals surface area contributed by atoms with Crippen LogP contribution in [0.25, 0.3) is 0 Å². The molecule has 2 aromatic rings. The molecule has 1 aliphatic heterocycles. The second kappa shape index (κ2) is 5.67. The van der Waals surface area contributed by atoms with Gasteiger partial charge in [-0.2, -0.15) is 0 Å². The van der Waals surface area contributed by atoms with Crippen molar-refractivity contribution in [3.05, 3.63) is 41.3 Å². The molecule has 124 valence electrons. The number of amides is 2. The van der Waals surface area contributed by atoms with E-state index < -0.39 is 0 Å². The van der Waals surface area contributed by atoms with Gasteiger partial charge in [-0.05, 0) is 37.5 Å². The van der Waals surface area contributed by atoms with Gasteiger partial charge in [0, 0.05) is 12.0 Å². The molecular formula is C17H17N3O4. The van der Waals surface area contributed by atoms with E-state index in [2.05, 4.69) is 15.8 Å². The van der Waals surface area contributed by atoms with E-state index in [-0.39, 0.29) is 24.5 Å². The highest BCUT2D eigenvalue weighted by Crippen LogP contribution is 2.40. The van der Waals surface area contributed by atoms with E-state index in [1.807, 2.05) is 13.0 Å². The number of fused-ring (bicyclic) bond motifs is 1. The molecule has 2 aliphatic rings. The van der Waals surface area contributed by atoms with Crippen LogP contribution in [0.2, 0.25) is 0 Å². The Kier molecular flexibility index (Phi) is 3.48. The number of nitrogens with zero attached hydrogens (tertiary/aromatic N) is 1. The Morgan fingerprint density at radius 2 is 2.21 bits per heavy atom. The highest BCUT2D eigenvalue weighted by atomic mass is 16.5. The summed E-state index contributed by atoms with van der Waals surface area (Å²) >= 11 is 0. The summed E-state index contributed by atoms with van der Waals surface area (Å²) in [5.41, 5.74) is 1.76. The zero-order valence-corrected chi connectivity index (χ0v) is 13.2. The van der Waals surface area contributed by atoms with Crippen LogP contribution >= 0.6 is 0 Å². The number of rotatable bonds is 4. The van der Waals surface area contributed by atoms with Gasteiger partial charge in [0.05, 0.1) is 11.7 Å². The molecule has 0 radical (unpaired) electrons. The molecule has 1 fully saturated rings. The maximum atomic E-state index is 12.3. The topological polar surface area (TPSA) is 93.5 Å². The maximum Gasteiger partial charge on any atom is 0.273 e. The van der Waals surface area contributed by atoms with E-state index in [9.17, 15) is 9.59 Å². The van der Waals surface area contributed by atoms with Crippen molar-refractivity contribution in [2.75, 3.05) is 11.9 Å². The average molecular weight is 327 g/mol. The predicted molar refractivity (Wildman–Crippen MR) is 84.9 cm³/mol. The number of ether oxygens (including phenoxy) is 1. The second-order valence-electron chi connectivity index (χ2n) is 6.18. The van der Waals surface area contributed by atoms with Crippen LogP contribution in [-0.4, -0.2) is 23.6 Å². The van der Waals surface area contributed by atoms with Crippen LogP contribution in [0.15, 0.2) is 28.8 Å². The van der Waals surface area contributed by atoms with Gasteiger partial charge in [0.2, 0.25) is 0 Å². The number of carbonyl (C=O) groups is 2. The van der Waals surface area contributed by atoms with E-state index in [0.29, 0.717) is 23.0 Å². The smallest absolute Gasteiger partial charge is 0.273 e. The first-order chi connectivity index (χ1) is 11.6. The quantitative estimate of drug-likeness (QED) is 0.899. The fourth-order valence-electron chi connectivity index (χ4n) is 2.68. The van der Waals surface area contributed by atoms with Gasteiger partial charge in [-0.25, -0.2) is 0 Å². The third kappa shape index (κ3) is 2.84. The van der Waals surface area contributed by atoms with Gasteiger partial charge in [0.15, 0.2) is 12.3 Å². The monoisotopic (exact) mass is 327 g/mol. The van der Waals surface area contributed by atoms with Gasteiger partial charge in [-0.3, -0.25) is 9.59 Å². The average Bonchev–Trinajstić information content (AvgIpc) is 3.30. The second-order valence-corrected chi connectivity index (χ2v) is 6.18. The molecule has 7 nitrogen and oxygen atoms in total. The summed E-state index contributed by atoms with van der Waals surface area (Å²) in [7, 11) is 0. The lowest BCUT2D eigenvalue weighted by molar-refractivity contribution is -0.118. The Morgan fingerprint density at radius 3 is 3.00 bits per heavy atom. The summed E-state index contributed by atoms with van der Waals surface area (Å²) in [5, 5.41) is 9.49. The highest BCUT2D eigenvalue weighted by molar-refractivity contribution is 5.95. The molecule has 1 saturated carbocycles. The van der Waals surface area contributed by atoms with Crippen LogP contribution in [0.1, 0.15) is 53.5 Å². The fourth-order valence-corrected chi connectivity index (χ4v) is 2.68. The molecule has 1 atom stereocenters. The molecule has 1 aliphatic carbocycles. The lowest BCUT2D eigenvalue weighted by Crippen LogP contribution is -2.28. The Balaban J connectivity index is 1.46. The van der Waals surface area contributed by atoms with E-state index in [1.165, 1.54) is 0 Å². The molecule has 7 heteroatoms. The van der Waals surface area contributed by atoms with Crippen molar-refractivity contribution in [1.29, 1.82) is 0 Å². The van der Waals surface area contributed by atoms with Crippen molar-refractivity contribution in [2.24, 2.45) is 0 Å². The van der Waals surface area contributed by atoms with Crippen molar-refractivity contribution >= 4 is 17.5 Å². The summed E-state index contributed by atoms with van der Waals surface area (Å²) < 4.78 is 10.5.